The third-order valence-electron chi connectivity index (χ3n) is 12.6. The van der Waals surface area contributed by atoms with Crippen molar-refractivity contribution < 1.29 is 42.1 Å². The lowest BCUT2D eigenvalue weighted by Crippen LogP contribution is -2.54. The summed E-state index contributed by atoms with van der Waals surface area (Å²) in [6.45, 7) is 17.3. The number of thiazole rings is 2. The van der Waals surface area contributed by atoms with Crippen molar-refractivity contribution in [2.75, 3.05) is 38.2 Å². The first-order chi connectivity index (χ1) is 36.7. The van der Waals surface area contributed by atoms with E-state index in [1.54, 1.807) is 36.7 Å². The number of piperazine rings is 1. The van der Waals surface area contributed by atoms with Crippen LogP contribution in [0.3, 0.4) is 0 Å². The lowest BCUT2D eigenvalue weighted by Gasteiger charge is -2.38. The van der Waals surface area contributed by atoms with E-state index in [0.29, 0.717) is 72.7 Å². The number of esters is 1. The molecule has 4 aromatic heterocycles. The fourth-order valence-corrected chi connectivity index (χ4v) is 11.6. The molecule has 410 valence electrons. The molecule has 4 aromatic carbocycles. The van der Waals surface area contributed by atoms with Gasteiger partial charge in [-0.05, 0) is 145 Å². The number of alkyl halides is 3. The van der Waals surface area contributed by atoms with Crippen molar-refractivity contribution in [1.82, 2.24) is 34.8 Å². The van der Waals surface area contributed by atoms with Crippen molar-refractivity contribution in [3.8, 4) is 43.7 Å². The van der Waals surface area contributed by atoms with Gasteiger partial charge in [-0.3, -0.25) is 4.90 Å². The highest BCUT2D eigenvalue weighted by molar-refractivity contribution is 7.22. The molecular formula is C56H56Cl3F3N8O6S2. The summed E-state index contributed by atoms with van der Waals surface area (Å²) in [7, 11) is 1.36. The molecule has 9 rings (SSSR count). The fraction of sp³-hybridized carbons (Fsp3) is 0.357. The van der Waals surface area contributed by atoms with Crippen LogP contribution >= 0.6 is 57.5 Å². The third kappa shape index (κ3) is 13.4. The van der Waals surface area contributed by atoms with Gasteiger partial charge >= 0.3 is 18.1 Å². The zero-order valence-corrected chi connectivity index (χ0v) is 48.2. The lowest BCUT2D eigenvalue weighted by atomic mass is 9.91. The summed E-state index contributed by atoms with van der Waals surface area (Å²) in [5.41, 5.74) is 7.34. The minimum atomic E-state index is -4.28. The molecule has 3 atom stereocenters. The highest BCUT2D eigenvalue weighted by atomic mass is 35.5. The van der Waals surface area contributed by atoms with Crippen LogP contribution in [-0.2, 0) is 23.8 Å². The third-order valence-corrected chi connectivity index (χ3v) is 15.5. The van der Waals surface area contributed by atoms with Gasteiger partial charge in [0.2, 0.25) is 11.2 Å². The summed E-state index contributed by atoms with van der Waals surface area (Å²) >= 11 is 21.2. The number of carboxylic acid groups (broad SMARTS) is 1. The number of hydrogen-bond acceptors (Lipinski definition) is 15. The molecule has 0 amide bonds. The van der Waals surface area contributed by atoms with E-state index in [0.717, 1.165) is 42.7 Å². The molecule has 1 N–H and O–H groups in total. The Morgan fingerprint density at radius 2 is 1.10 bits per heavy atom. The Balaban J connectivity index is 0.000000213. The summed E-state index contributed by atoms with van der Waals surface area (Å²) in [6, 6.07) is 20.5. The van der Waals surface area contributed by atoms with E-state index in [-0.39, 0.29) is 18.4 Å². The van der Waals surface area contributed by atoms with Gasteiger partial charge in [-0.15, -0.1) is 22.7 Å². The first kappa shape index (κ1) is 58.3. The quantitative estimate of drug-likeness (QED) is 0.0907. The highest BCUT2D eigenvalue weighted by Gasteiger charge is 2.41. The normalized spacial score (nSPS) is 14.7. The number of anilines is 1. The first-order valence-electron chi connectivity index (χ1n) is 24.6. The lowest BCUT2D eigenvalue weighted by molar-refractivity contribution is -0.179. The number of carbonyl (C=O) groups is 2. The summed E-state index contributed by atoms with van der Waals surface area (Å²) < 4.78 is 58.8. The second kappa shape index (κ2) is 23.4. The number of carbonyl (C=O) groups excluding carboxylic acids is 1. The Morgan fingerprint density at radius 3 is 1.54 bits per heavy atom. The van der Waals surface area contributed by atoms with E-state index >= 15 is 0 Å². The number of halogens is 6. The zero-order valence-electron chi connectivity index (χ0n) is 44.3. The smallest absolute Gasteiger partial charge is 0.403 e. The molecule has 78 heavy (non-hydrogen) atoms. The number of fused-ring (bicyclic) bond motifs is 2. The van der Waals surface area contributed by atoms with Crippen molar-refractivity contribution in [2.45, 2.75) is 97.9 Å². The number of hydrogen-bond donors (Lipinski definition) is 1. The van der Waals surface area contributed by atoms with E-state index < -0.39 is 47.6 Å². The maximum absolute atomic E-state index is 13.2. The average Bonchev–Trinajstić information content (AvgIpc) is 4.02. The molecular weight excluding hydrogens is 1110 g/mol. The molecule has 1 fully saturated rings. The molecule has 0 bridgehead atoms. The van der Waals surface area contributed by atoms with Crippen LogP contribution in [-0.4, -0.2) is 109 Å². The molecule has 1 aliphatic rings. The second-order valence-electron chi connectivity index (χ2n) is 20.5. The number of rotatable bonds is 12. The van der Waals surface area contributed by atoms with Gasteiger partial charge in [0.05, 0.1) is 38.7 Å². The van der Waals surface area contributed by atoms with Gasteiger partial charge in [0.25, 0.3) is 0 Å². The molecule has 14 nitrogen and oxygen atoms in total. The number of nitrogens with zero attached hydrogens (tertiary/aromatic N) is 8. The van der Waals surface area contributed by atoms with E-state index in [1.807, 2.05) is 109 Å². The van der Waals surface area contributed by atoms with Gasteiger partial charge in [0.1, 0.15) is 27.4 Å². The van der Waals surface area contributed by atoms with E-state index in [1.165, 1.54) is 41.6 Å². The molecule has 5 heterocycles. The van der Waals surface area contributed by atoms with Crippen LogP contribution in [0.25, 0.3) is 64.1 Å². The standard InChI is InChI=1S/C31H33ClF3N5O3S.C25H23Cl2N3O3S/c1-17-16-22-26(24(19-6-8-20(32)9-7-19)23(17)25(28(41)42)43-30(3,4)5)44-27(37-22)21-10-11-36-29(38-21)40-14-12-39(13-15-40)18(2)31(33,34)35;1-13-12-17-21(34-22(29-17)16-10-11-28-24(27)30-16)19(14-6-8-15(26)9-7-14)18(13)20(23(31)32-5)33-25(2,3)4/h6-11,16,18,25H,12-15H2,1-5H3,(H,41,42);6-12,20H,1-5H3/t18?,25-;20-/m00/s1. The van der Waals surface area contributed by atoms with Crippen molar-refractivity contribution in [3.05, 3.63) is 123 Å². The van der Waals surface area contributed by atoms with E-state index in [9.17, 15) is 27.9 Å². The number of ether oxygens (including phenoxy) is 3. The Hall–Kier alpha value is -5.90. The van der Waals surface area contributed by atoms with Crippen LogP contribution in [0.15, 0.2) is 85.2 Å². The van der Waals surface area contributed by atoms with Gasteiger partial charge in [0.15, 0.2) is 12.2 Å². The molecule has 1 unspecified atom stereocenters. The SMILES string of the molecule is COC(=O)[C@@H](OC(C)(C)C)c1c(C)cc2nc(-c3ccnc(Cl)n3)sc2c1-c1ccc(Cl)cc1.Cc1cc2nc(-c3ccnc(N4CCN(C(C)C(F)(F)F)CC4)n3)sc2c(-c2ccc(Cl)cc2)c1[C@H](OC(C)(C)C)C(=O)O. The number of aromatic nitrogens is 6. The van der Waals surface area contributed by atoms with Crippen molar-refractivity contribution in [2.24, 2.45) is 0 Å². The summed E-state index contributed by atoms with van der Waals surface area (Å²) in [4.78, 5) is 55.9. The highest BCUT2D eigenvalue weighted by Crippen LogP contribution is 2.46. The summed E-state index contributed by atoms with van der Waals surface area (Å²) in [6.07, 6.45) is -3.24. The number of benzene rings is 4. The van der Waals surface area contributed by atoms with Crippen molar-refractivity contribution in [1.29, 1.82) is 0 Å². The summed E-state index contributed by atoms with van der Waals surface area (Å²) in [5, 5.41) is 12.9. The fourth-order valence-electron chi connectivity index (χ4n) is 8.99. The van der Waals surface area contributed by atoms with Gasteiger partial charge < -0.3 is 24.2 Å². The molecule has 1 aliphatic heterocycles. The molecule has 0 saturated carbocycles. The van der Waals surface area contributed by atoms with Crippen LogP contribution in [0.5, 0.6) is 0 Å². The largest absolute Gasteiger partial charge is 0.479 e. The molecule has 0 aliphatic carbocycles. The molecule has 0 spiro atoms. The van der Waals surface area contributed by atoms with Gasteiger partial charge in [-0.1, -0.05) is 47.5 Å². The average molecular weight is 1160 g/mol. The Morgan fingerprint density at radius 1 is 0.654 bits per heavy atom. The first-order valence-corrected chi connectivity index (χ1v) is 27.4. The Kier molecular flexibility index (Phi) is 17.5. The molecule has 22 heteroatoms. The van der Waals surface area contributed by atoms with Crippen molar-refractivity contribution >= 4 is 95.8 Å². The molecule has 8 aromatic rings. The zero-order chi connectivity index (χ0) is 56.6. The molecule has 0 radical (unpaired) electrons. The van der Waals surface area contributed by atoms with Crippen LogP contribution in [0.2, 0.25) is 15.3 Å². The van der Waals surface area contributed by atoms with Crippen LogP contribution in [0.1, 0.15) is 82.9 Å². The van der Waals surface area contributed by atoms with E-state index in [4.69, 9.17) is 64.0 Å². The predicted octanol–water partition coefficient (Wildman–Crippen LogP) is 14.5. The number of carboxylic acids is 1. The minimum Gasteiger partial charge on any atom is -0.479 e. The van der Waals surface area contributed by atoms with Gasteiger partial charge in [-0.25, -0.2) is 39.5 Å². The van der Waals surface area contributed by atoms with E-state index in [2.05, 4.69) is 15.0 Å². The van der Waals surface area contributed by atoms with Gasteiger partial charge in [-0.2, -0.15) is 13.2 Å². The molecule has 1 saturated heterocycles. The number of methoxy groups -OCH3 is 1. The van der Waals surface area contributed by atoms with Crippen LogP contribution in [0.4, 0.5) is 19.1 Å². The predicted molar refractivity (Wildman–Crippen MR) is 303 cm³/mol. The summed E-state index contributed by atoms with van der Waals surface area (Å²) in [5.74, 6) is -1.16. The van der Waals surface area contributed by atoms with Crippen LogP contribution in [0, 0.1) is 13.8 Å². The number of aryl methyl sites for hydroxylation is 2. The number of aliphatic carboxylic acids is 1. The topological polar surface area (TPSA) is 166 Å². The monoisotopic (exact) mass is 1160 g/mol. The maximum Gasteiger partial charge on any atom is 0.403 e. The van der Waals surface area contributed by atoms with Crippen molar-refractivity contribution in [3.63, 3.8) is 0 Å². The maximum atomic E-state index is 13.2. The van der Waals surface area contributed by atoms with Crippen LogP contribution < -0.4 is 4.90 Å². The van der Waals surface area contributed by atoms with Gasteiger partial charge in [0, 0.05) is 70.9 Å². The second-order valence-corrected chi connectivity index (χ2v) is 23.7. The Labute approximate surface area is 472 Å². The Bertz CT molecular complexity index is 3490. The minimum absolute atomic E-state index is 0.149.